The van der Waals surface area contributed by atoms with Gasteiger partial charge in [0.1, 0.15) is 0 Å². The molecule has 8 aliphatic rings. The molecular formula is C56H52N2. The lowest BCUT2D eigenvalue weighted by Gasteiger charge is -2.40. The Kier molecular flexibility index (Phi) is 9.10. The van der Waals surface area contributed by atoms with E-state index in [4.69, 9.17) is 4.99 Å². The molecule has 6 aliphatic carbocycles. The van der Waals surface area contributed by atoms with Crippen LogP contribution in [0.3, 0.4) is 0 Å². The summed E-state index contributed by atoms with van der Waals surface area (Å²) < 4.78 is 0. The fourth-order valence-corrected chi connectivity index (χ4v) is 11.5. The van der Waals surface area contributed by atoms with Crippen LogP contribution < -0.4 is 0 Å². The van der Waals surface area contributed by atoms with E-state index in [1.54, 1.807) is 5.57 Å². The Morgan fingerprint density at radius 3 is 2.10 bits per heavy atom. The quantitative estimate of drug-likeness (QED) is 0.245. The number of aliphatic imine (C=N–C) groups is 1. The van der Waals surface area contributed by atoms with Gasteiger partial charge in [0.25, 0.3) is 0 Å². The normalized spacial score (nSPS) is 30.6. The van der Waals surface area contributed by atoms with Crippen molar-refractivity contribution in [2.75, 3.05) is 0 Å². The van der Waals surface area contributed by atoms with Gasteiger partial charge < -0.3 is 4.90 Å². The van der Waals surface area contributed by atoms with Crippen molar-refractivity contribution in [3.8, 4) is 0 Å². The van der Waals surface area contributed by atoms with Gasteiger partial charge in [0.05, 0.1) is 18.1 Å². The van der Waals surface area contributed by atoms with Crippen LogP contribution in [0, 0.1) is 23.7 Å². The van der Waals surface area contributed by atoms with Crippen molar-refractivity contribution in [1.29, 1.82) is 0 Å². The number of hydrogen-bond donors (Lipinski definition) is 0. The summed E-state index contributed by atoms with van der Waals surface area (Å²) in [4.78, 5) is 8.55. The van der Waals surface area contributed by atoms with Gasteiger partial charge >= 0.3 is 0 Å². The highest BCUT2D eigenvalue weighted by Crippen LogP contribution is 2.51. The second kappa shape index (κ2) is 14.9. The molecule has 0 radical (unpaired) electrons. The van der Waals surface area contributed by atoms with E-state index in [1.165, 1.54) is 61.5 Å². The summed E-state index contributed by atoms with van der Waals surface area (Å²) in [5.41, 5.74) is 17.2. The van der Waals surface area contributed by atoms with Gasteiger partial charge in [-0.05, 0) is 112 Å². The summed E-state index contributed by atoms with van der Waals surface area (Å²) in [5, 5.41) is 0. The lowest BCUT2D eigenvalue weighted by atomic mass is 9.69. The lowest BCUT2D eigenvalue weighted by Crippen LogP contribution is -2.38. The molecule has 0 saturated carbocycles. The van der Waals surface area contributed by atoms with Crippen LogP contribution >= 0.6 is 0 Å². The monoisotopic (exact) mass is 752 g/mol. The zero-order valence-electron chi connectivity index (χ0n) is 33.5. The van der Waals surface area contributed by atoms with Crippen LogP contribution in [0.2, 0.25) is 0 Å². The minimum absolute atomic E-state index is 0.0955. The Morgan fingerprint density at radius 2 is 1.34 bits per heavy atom. The third-order valence-corrected chi connectivity index (χ3v) is 14.3. The second-order valence-corrected chi connectivity index (χ2v) is 17.6. The minimum Gasteiger partial charge on any atom is -0.361 e. The predicted molar refractivity (Wildman–Crippen MR) is 242 cm³/mol. The van der Waals surface area contributed by atoms with Crippen molar-refractivity contribution in [1.82, 2.24) is 4.90 Å². The first-order chi connectivity index (χ1) is 28.7. The molecule has 11 rings (SSSR count). The highest BCUT2D eigenvalue weighted by atomic mass is 15.2. The summed E-state index contributed by atoms with van der Waals surface area (Å²) in [6, 6.07) is 32.1. The maximum atomic E-state index is 5.74. The second-order valence-electron chi connectivity index (χ2n) is 17.6. The lowest BCUT2D eigenvalue weighted by molar-refractivity contribution is 0.286. The zero-order chi connectivity index (χ0) is 38.6. The Bertz CT molecular complexity index is 2470. The highest BCUT2D eigenvalue weighted by molar-refractivity contribution is 6.00. The molecule has 3 aromatic rings. The summed E-state index contributed by atoms with van der Waals surface area (Å²) in [6.45, 7) is 2.41. The number of likely N-dealkylation sites (tertiary alicyclic amines) is 1. The zero-order valence-corrected chi connectivity index (χ0v) is 33.5. The number of allylic oxidation sites excluding steroid dienone is 17. The summed E-state index contributed by atoms with van der Waals surface area (Å²) in [6.07, 6.45) is 42.5. The summed E-state index contributed by atoms with van der Waals surface area (Å²) in [5.74, 6) is 1.94. The van der Waals surface area contributed by atoms with Gasteiger partial charge in [0, 0.05) is 35.1 Å². The first-order valence-electron chi connectivity index (χ1n) is 21.8. The largest absolute Gasteiger partial charge is 0.361 e. The number of fused-ring (bicyclic) bond motifs is 5. The van der Waals surface area contributed by atoms with Crippen molar-refractivity contribution in [3.63, 3.8) is 0 Å². The molecule has 1 fully saturated rings. The Labute approximate surface area is 344 Å². The highest BCUT2D eigenvalue weighted by Gasteiger charge is 2.47. The topological polar surface area (TPSA) is 15.6 Å². The van der Waals surface area contributed by atoms with E-state index in [9.17, 15) is 0 Å². The molecule has 58 heavy (non-hydrogen) atoms. The van der Waals surface area contributed by atoms with E-state index in [1.807, 2.05) is 0 Å². The number of rotatable bonds is 6. The van der Waals surface area contributed by atoms with E-state index >= 15 is 0 Å². The van der Waals surface area contributed by atoms with Crippen LogP contribution in [-0.2, 0) is 0 Å². The Morgan fingerprint density at radius 1 is 0.655 bits per heavy atom. The third-order valence-electron chi connectivity index (χ3n) is 14.3. The van der Waals surface area contributed by atoms with Crippen LogP contribution in [-0.4, -0.2) is 22.7 Å². The van der Waals surface area contributed by atoms with Gasteiger partial charge in [-0.3, -0.25) is 4.99 Å². The summed E-state index contributed by atoms with van der Waals surface area (Å²) >= 11 is 0. The molecule has 0 amide bonds. The van der Waals surface area contributed by atoms with Gasteiger partial charge in [-0.2, -0.15) is 0 Å². The van der Waals surface area contributed by atoms with Crippen LogP contribution in [0.4, 0.5) is 0 Å². The first-order valence-corrected chi connectivity index (χ1v) is 21.8. The number of dihydropyridines is 1. The van der Waals surface area contributed by atoms with Gasteiger partial charge in [-0.1, -0.05) is 171 Å². The van der Waals surface area contributed by atoms with Crippen LogP contribution in [0.25, 0.3) is 11.1 Å². The molecule has 3 aromatic carbocycles. The fourth-order valence-electron chi connectivity index (χ4n) is 11.5. The van der Waals surface area contributed by atoms with Gasteiger partial charge in [0.2, 0.25) is 0 Å². The van der Waals surface area contributed by atoms with Gasteiger partial charge in [-0.25, -0.2) is 0 Å². The van der Waals surface area contributed by atoms with Crippen LogP contribution in [0.5, 0.6) is 0 Å². The van der Waals surface area contributed by atoms with Crippen molar-refractivity contribution in [3.05, 3.63) is 226 Å². The average Bonchev–Trinajstić information content (AvgIpc) is 3.63. The molecular weight excluding hydrogens is 701 g/mol. The first kappa shape index (κ1) is 35.4. The summed E-state index contributed by atoms with van der Waals surface area (Å²) in [7, 11) is 0. The third kappa shape index (κ3) is 6.29. The average molecular weight is 753 g/mol. The van der Waals surface area contributed by atoms with E-state index in [-0.39, 0.29) is 12.0 Å². The number of benzene rings is 3. The minimum atomic E-state index is 0.0955. The molecule has 8 unspecified atom stereocenters. The van der Waals surface area contributed by atoms with Gasteiger partial charge in [-0.15, -0.1) is 0 Å². The number of hydrogen-bond acceptors (Lipinski definition) is 2. The maximum Gasteiger partial charge on any atom is 0.0792 e. The smallest absolute Gasteiger partial charge is 0.0792 e. The van der Waals surface area contributed by atoms with Crippen LogP contribution in [0.15, 0.2) is 209 Å². The number of nitrogens with zero attached hydrogens (tertiary/aromatic N) is 2. The van der Waals surface area contributed by atoms with Crippen molar-refractivity contribution in [2.45, 2.75) is 69.5 Å². The van der Waals surface area contributed by atoms with E-state index < -0.39 is 0 Å². The Balaban J connectivity index is 1.03. The molecule has 1 saturated heterocycles. The molecule has 286 valence electrons. The van der Waals surface area contributed by atoms with E-state index in [0.29, 0.717) is 35.8 Å². The van der Waals surface area contributed by atoms with Crippen molar-refractivity contribution < 1.29 is 0 Å². The standard InChI is InChI=1S/C56H52N2/c1-37-15-14-20-42-34-51(47-21-8-9-24-50(47)56(37)42)44-31-45(33-46(32-44)58-54-25-12-10-22-48(54)49-23-11-13-26-55(49)58)53-36-43(35-52(57-53)41-18-6-3-7-19-41)40-29-27-39(28-30-40)38-16-4-2-5-17-38/h2-14,16-27,29,31-32,36-37,45,48-49,51-52,54-55H,15,28,30,33-35H2,1H3. The van der Waals surface area contributed by atoms with Crippen molar-refractivity contribution >= 4 is 16.9 Å². The molecule has 2 heterocycles. The Hall–Kier alpha value is -5.73. The molecule has 2 nitrogen and oxygen atoms in total. The van der Waals surface area contributed by atoms with Crippen LogP contribution in [0.1, 0.15) is 79.7 Å². The molecule has 0 N–H and O–H groups in total. The van der Waals surface area contributed by atoms with Gasteiger partial charge in [0.15, 0.2) is 0 Å². The predicted octanol–water partition coefficient (Wildman–Crippen LogP) is 13.2. The molecule has 0 bridgehead atoms. The molecule has 0 aromatic heterocycles. The molecule has 8 atom stereocenters. The molecule has 0 spiro atoms. The SMILES string of the molecule is CC1CC=CC2=C1c1ccccc1C(C1=CC(C3=NC(c4ccccc4)CC(C4=CC=C(c5ccccc5)CC4)=C3)CC(N3C4C=CC=CC4C4C=CC=CC43)=C1)C2. The van der Waals surface area contributed by atoms with Crippen molar-refractivity contribution in [2.24, 2.45) is 28.7 Å². The molecule has 2 heteroatoms. The van der Waals surface area contributed by atoms with E-state index in [2.05, 4.69) is 188 Å². The maximum absolute atomic E-state index is 5.74. The van der Waals surface area contributed by atoms with E-state index in [0.717, 1.165) is 38.5 Å². The molecule has 2 aliphatic heterocycles. The fraction of sp³-hybridized carbons (Fsp3) is 0.268.